The van der Waals surface area contributed by atoms with Gasteiger partial charge in [0, 0.05) is 68.2 Å². The molecule has 2 saturated heterocycles. The number of phenolic OH excluding ortho intramolecular Hbond substituents is 1. The van der Waals surface area contributed by atoms with Crippen LogP contribution in [0.5, 0.6) is 5.75 Å². The van der Waals surface area contributed by atoms with Crippen LogP contribution in [0.2, 0.25) is 0 Å². The minimum absolute atomic E-state index is 0.0138. The zero-order chi connectivity index (χ0) is 69.2. The molecular formula is C67H106N12O13. The molecular weight excluding hydrogens is 1180 g/mol. The summed E-state index contributed by atoms with van der Waals surface area (Å²) in [6.07, 6.45) is 0.680. The number of carbonyl (C=O) groups excluding carboxylic acids is 11. The van der Waals surface area contributed by atoms with Gasteiger partial charge in [-0.25, -0.2) is 0 Å². The second-order valence-corrected chi connectivity index (χ2v) is 26.5. The third-order valence-electron chi connectivity index (χ3n) is 18.1. The molecule has 11 amide bonds. The van der Waals surface area contributed by atoms with Crippen LogP contribution in [0.1, 0.15) is 125 Å². The first-order valence-corrected chi connectivity index (χ1v) is 32.4. The molecule has 25 nitrogen and oxygen atoms in total. The topological polar surface area (TPSA) is 302 Å². The second kappa shape index (κ2) is 35.4. The number of likely N-dealkylation sites (tertiary alicyclic amines) is 1. The summed E-state index contributed by atoms with van der Waals surface area (Å²) in [6, 6.07) is 3.86. The van der Waals surface area contributed by atoms with Gasteiger partial charge in [0.1, 0.15) is 60.3 Å². The number of hydrogen-bond donors (Lipinski definition) is 6. The first-order valence-electron chi connectivity index (χ1n) is 32.4. The minimum atomic E-state index is -1.50. The molecule has 2 aromatic carbocycles. The molecule has 4 rings (SSSR count). The van der Waals surface area contributed by atoms with E-state index in [0.717, 1.165) is 16.2 Å². The van der Waals surface area contributed by atoms with Crippen LogP contribution in [-0.4, -0.2) is 251 Å². The highest BCUT2D eigenvalue weighted by molar-refractivity contribution is 5.98. The zero-order valence-corrected chi connectivity index (χ0v) is 57.4. The lowest BCUT2D eigenvalue weighted by Crippen LogP contribution is -2.61. The number of nitrogens with one attached hydrogen (secondary N) is 4. The quantitative estimate of drug-likeness (QED) is 0.178. The number of aromatic hydroxyl groups is 1. The number of piperidine rings is 1. The Morgan fingerprint density at radius 2 is 1.10 bits per heavy atom. The van der Waals surface area contributed by atoms with Gasteiger partial charge < -0.3 is 65.8 Å². The molecule has 2 aromatic rings. The largest absolute Gasteiger partial charge is 0.508 e. The molecule has 512 valence electrons. The van der Waals surface area contributed by atoms with Crippen molar-refractivity contribution in [3.63, 3.8) is 0 Å². The van der Waals surface area contributed by atoms with Gasteiger partial charge in [0.25, 0.3) is 0 Å². The van der Waals surface area contributed by atoms with Gasteiger partial charge in [-0.15, -0.1) is 0 Å². The van der Waals surface area contributed by atoms with Crippen molar-refractivity contribution in [2.75, 3.05) is 75.5 Å². The molecule has 0 aliphatic carbocycles. The highest BCUT2D eigenvalue weighted by atomic mass is 16.3. The first kappa shape index (κ1) is 76.8. The molecule has 11 atom stereocenters. The fourth-order valence-electron chi connectivity index (χ4n) is 11.6. The Kier molecular flexibility index (Phi) is 29.5. The summed E-state index contributed by atoms with van der Waals surface area (Å²) in [4.78, 5) is 171. The van der Waals surface area contributed by atoms with Crippen LogP contribution in [-0.2, 0) is 65.6 Å². The number of aliphatic hydroxyl groups is 1. The van der Waals surface area contributed by atoms with Crippen LogP contribution < -0.4 is 21.3 Å². The summed E-state index contributed by atoms with van der Waals surface area (Å²) < 4.78 is 0. The van der Waals surface area contributed by atoms with Crippen LogP contribution in [0.3, 0.4) is 0 Å². The van der Waals surface area contributed by atoms with E-state index in [4.69, 9.17) is 0 Å². The second-order valence-electron chi connectivity index (χ2n) is 26.5. The van der Waals surface area contributed by atoms with Gasteiger partial charge >= 0.3 is 0 Å². The Hall–Kier alpha value is -7.67. The summed E-state index contributed by atoms with van der Waals surface area (Å²) >= 11 is 0. The van der Waals surface area contributed by atoms with E-state index in [9.17, 15) is 63.0 Å². The molecule has 2 heterocycles. The number of benzene rings is 2. The summed E-state index contributed by atoms with van der Waals surface area (Å²) in [5.74, 6) is -8.68. The Labute approximate surface area is 544 Å². The van der Waals surface area contributed by atoms with Crippen LogP contribution in [0.4, 0.5) is 0 Å². The number of nitrogens with zero attached hydrogens (tertiary/aromatic N) is 8. The average Bonchev–Trinajstić information content (AvgIpc) is 0.898. The molecule has 25 heteroatoms. The number of hydrogen-bond acceptors (Lipinski definition) is 14. The van der Waals surface area contributed by atoms with Gasteiger partial charge in [0.15, 0.2) is 0 Å². The smallest absolute Gasteiger partial charge is 0.245 e. The van der Waals surface area contributed by atoms with Crippen molar-refractivity contribution in [1.29, 1.82) is 0 Å². The van der Waals surface area contributed by atoms with E-state index in [1.54, 1.807) is 68.1 Å². The standard InChI is InChI=1S/C67H106N12O13/c1-18-43(8)58-62(87)70-50(35-47-27-29-48(80)30-28-47)64(89)72(11)38-55(82)76(15)52(34-41(4)5)60(85)69-51(66(91)79-31-23-20-24-32-79)37-54(81)74(13)44(9)59(84)68-49(33-40(2)3)65(90)75(14)45(10)63(88)77(16)53(36-46-25-21-19-22-26-46)61(86)71-57(42(6)7)67(92)73(12)39-56(83)78(58)17/h19,21-22,25-30,40-45,49-53,57-58,67,80,92H,18,20,23-24,31-39H2,1-17H3,(H,68,84)(H,69,85)(H,70,87)(H,71,86)/t43-,44-,45-,49-,50-,51-,52-,53-,57-,58-,67?/m0/s1. The number of phenols is 1. The fourth-order valence-corrected chi connectivity index (χ4v) is 11.6. The Morgan fingerprint density at radius 3 is 1.66 bits per heavy atom. The SMILES string of the molecule is CC[C@H](C)[C@H]1C(=O)N[C@@H](Cc2ccc(O)cc2)C(=O)N(C)CC(=O)N(C)[C@@H](CC(C)C)C(=O)N[C@H](C(=O)N2CCCCC2)CC(=O)N(C)[C@@H](C)C(=O)N[C@@H](CC(C)C)C(=O)N(C)[C@@H](C)C(=O)N(C)[C@@H](Cc2ccccc2)C(=O)N[C@@H](C(C)C)C(O)N(C)CC(=O)N1C. The number of aliphatic hydroxyl groups excluding tert-OH is 1. The van der Waals surface area contributed by atoms with Crippen molar-refractivity contribution in [2.45, 2.75) is 188 Å². The maximum Gasteiger partial charge on any atom is 0.245 e. The summed E-state index contributed by atoms with van der Waals surface area (Å²) in [6.45, 7) is 17.2. The van der Waals surface area contributed by atoms with Crippen LogP contribution in [0.25, 0.3) is 0 Å². The van der Waals surface area contributed by atoms with Crippen LogP contribution >= 0.6 is 0 Å². The van der Waals surface area contributed by atoms with Gasteiger partial charge in [-0.05, 0) is 99.9 Å². The van der Waals surface area contributed by atoms with Gasteiger partial charge in [-0.1, -0.05) is 104 Å². The normalized spacial score (nSPS) is 26.3. The van der Waals surface area contributed by atoms with Crippen molar-refractivity contribution in [1.82, 2.24) is 60.5 Å². The molecule has 0 aromatic heterocycles. The molecule has 0 spiro atoms. The molecule has 6 N–H and O–H groups in total. The number of carbonyl (C=O) groups is 11. The lowest BCUT2D eigenvalue weighted by Gasteiger charge is -2.38. The van der Waals surface area contributed by atoms with E-state index >= 15 is 0 Å². The number of rotatable bonds is 12. The molecule has 2 fully saturated rings. The molecule has 92 heavy (non-hydrogen) atoms. The lowest BCUT2D eigenvalue weighted by molar-refractivity contribution is -0.149. The van der Waals surface area contributed by atoms with E-state index in [1.165, 1.54) is 99.8 Å². The maximum absolute atomic E-state index is 14.8. The van der Waals surface area contributed by atoms with Gasteiger partial charge in [0.05, 0.1) is 25.6 Å². The maximum atomic E-state index is 14.8. The van der Waals surface area contributed by atoms with E-state index in [-0.39, 0.29) is 43.3 Å². The molecule has 0 saturated carbocycles. The lowest BCUT2D eigenvalue weighted by atomic mass is 9.95. The first-order chi connectivity index (χ1) is 43.1. The Bertz CT molecular complexity index is 2850. The van der Waals surface area contributed by atoms with Gasteiger partial charge in [0.2, 0.25) is 65.0 Å². The summed E-state index contributed by atoms with van der Waals surface area (Å²) in [5.41, 5.74) is 1.22. The molecule has 1 unspecified atom stereocenters. The fraction of sp³-hybridized carbons (Fsp3) is 0.657. The number of likely N-dealkylation sites (N-methyl/N-ethyl adjacent to an activating group) is 7. The minimum Gasteiger partial charge on any atom is -0.508 e. The highest BCUT2D eigenvalue weighted by Crippen LogP contribution is 2.22. The molecule has 0 radical (unpaired) electrons. The summed E-state index contributed by atoms with van der Waals surface area (Å²) in [7, 11) is 9.91. The predicted octanol–water partition coefficient (Wildman–Crippen LogP) is 2.21. The van der Waals surface area contributed by atoms with Crippen molar-refractivity contribution in [2.24, 2.45) is 23.7 Å². The Morgan fingerprint density at radius 1 is 0.543 bits per heavy atom. The van der Waals surface area contributed by atoms with Crippen molar-refractivity contribution in [3.8, 4) is 5.75 Å². The van der Waals surface area contributed by atoms with Gasteiger partial charge in [-0.2, -0.15) is 0 Å². The highest BCUT2D eigenvalue weighted by Gasteiger charge is 2.42. The molecule has 0 bridgehead atoms. The van der Waals surface area contributed by atoms with Crippen molar-refractivity contribution in [3.05, 3.63) is 65.7 Å². The third kappa shape index (κ3) is 21.2. The van der Waals surface area contributed by atoms with E-state index in [2.05, 4.69) is 21.3 Å². The van der Waals surface area contributed by atoms with E-state index < -0.39 is 157 Å². The average molecular weight is 1290 g/mol. The zero-order valence-electron chi connectivity index (χ0n) is 57.4. The Balaban J connectivity index is 1.87. The summed E-state index contributed by atoms with van der Waals surface area (Å²) in [5, 5.41) is 33.6. The van der Waals surface area contributed by atoms with E-state index in [0.29, 0.717) is 43.5 Å². The predicted molar refractivity (Wildman–Crippen MR) is 348 cm³/mol. The van der Waals surface area contributed by atoms with Crippen LogP contribution in [0.15, 0.2) is 54.6 Å². The van der Waals surface area contributed by atoms with Crippen molar-refractivity contribution < 1.29 is 63.0 Å². The van der Waals surface area contributed by atoms with Crippen LogP contribution in [0, 0.1) is 23.7 Å². The molecule has 2 aliphatic rings. The third-order valence-corrected chi connectivity index (χ3v) is 18.1. The monoisotopic (exact) mass is 1290 g/mol. The van der Waals surface area contributed by atoms with Crippen molar-refractivity contribution >= 4 is 65.0 Å². The van der Waals surface area contributed by atoms with E-state index in [1.807, 2.05) is 34.6 Å². The molecule has 2 aliphatic heterocycles. The number of amides is 11. The van der Waals surface area contributed by atoms with Gasteiger partial charge in [-0.3, -0.25) is 57.6 Å².